The van der Waals surface area contributed by atoms with Crippen molar-refractivity contribution in [2.24, 2.45) is 0 Å². The van der Waals surface area contributed by atoms with Crippen LogP contribution in [0.4, 0.5) is 0 Å². The summed E-state index contributed by atoms with van der Waals surface area (Å²) in [5.74, 6) is 9.95. The average molecular weight is 549 g/mol. The summed E-state index contributed by atoms with van der Waals surface area (Å²) in [7, 11) is -4.42. The first kappa shape index (κ1) is 29.5. The van der Waals surface area contributed by atoms with Gasteiger partial charge in [0.2, 0.25) is 0 Å². The second-order valence-electron chi connectivity index (χ2n) is 12.9. The summed E-state index contributed by atoms with van der Waals surface area (Å²) in [4.78, 5) is 0. The van der Waals surface area contributed by atoms with Crippen molar-refractivity contribution in [2.45, 2.75) is 64.5 Å². The summed E-state index contributed by atoms with van der Waals surface area (Å²) in [6.07, 6.45) is 0. The minimum atomic E-state index is -1.47. The Kier molecular flexibility index (Phi) is 8.82. The standard InChI is InChI=1S/C34H40OSi3/c1-36(2,3)25-22-28-10-16-31(17-11-28)34(35,32-18-12-29(13-19-32)23-26-37(4,5)6)33-20-14-30(15-21-33)24-27-38(7,8)9/h10-21,35H,1-9H3. The molecule has 0 saturated carbocycles. The highest BCUT2D eigenvalue weighted by Gasteiger charge is 2.33. The van der Waals surface area contributed by atoms with Crippen molar-refractivity contribution in [2.75, 3.05) is 0 Å². The van der Waals surface area contributed by atoms with Crippen molar-refractivity contribution in [1.29, 1.82) is 0 Å². The molecule has 0 radical (unpaired) electrons. The quantitative estimate of drug-likeness (QED) is 0.202. The van der Waals surface area contributed by atoms with Crippen molar-refractivity contribution in [3.05, 3.63) is 106 Å². The maximum absolute atomic E-state index is 12.4. The number of rotatable bonds is 3. The van der Waals surface area contributed by atoms with Crippen LogP contribution in [0.2, 0.25) is 58.9 Å². The fourth-order valence-corrected chi connectivity index (χ4v) is 5.22. The molecule has 0 fully saturated rings. The molecule has 0 aliphatic heterocycles. The third-order valence-corrected chi connectivity index (χ3v) is 8.28. The van der Waals surface area contributed by atoms with E-state index in [1.165, 1.54) is 0 Å². The number of benzene rings is 3. The Hall–Kier alpha value is -3.05. The molecule has 1 nitrogen and oxygen atoms in total. The topological polar surface area (TPSA) is 20.2 Å². The summed E-state index contributed by atoms with van der Waals surface area (Å²) in [6, 6.07) is 24.0. The summed E-state index contributed by atoms with van der Waals surface area (Å²) in [5.41, 5.74) is 14.3. The average Bonchev–Trinajstić information content (AvgIpc) is 2.84. The van der Waals surface area contributed by atoms with E-state index in [0.717, 1.165) is 33.4 Å². The fraction of sp³-hybridized carbons (Fsp3) is 0.294. The van der Waals surface area contributed by atoms with E-state index in [4.69, 9.17) is 0 Å². The highest BCUT2D eigenvalue weighted by atomic mass is 28.3. The third-order valence-electron chi connectivity index (χ3n) is 5.65. The molecule has 0 atom stereocenters. The minimum absolute atomic E-state index is 0.804. The lowest BCUT2D eigenvalue weighted by atomic mass is 9.79. The Morgan fingerprint density at radius 2 is 0.632 bits per heavy atom. The molecule has 1 N–H and O–H groups in total. The van der Waals surface area contributed by atoms with Gasteiger partial charge in [0.25, 0.3) is 0 Å². The highest BCUT2D eigenvalue weighted by Crippen LogP contribution is 2.37. The molecule has 0 saturated heterocycles. The second-order valence-corrected chi connectivity index (χ2v) is 27.2. The van der Waals surface area contributed by atoms with Crippen molar-refractivity contribution in [3.8, 4) is 34.4 Å². The normalized spacial score (nSPS) is 11.8. The number of hydrogen-bond donors (Lipinski definition) is 1. The van der Waals surface area contributed by atoms with Crippen LogP contribution in [-0.4, -0.2) is 29.3 Å². The molecular weight excluding hydrogens is 509 g/mol. The van der Waals surface area contributed by atoms with Gasteiger partial charge in [-0.25, -0.2) is 0 Å². The largest absolute Gasteiger partial charge is 0.376 e. The van der Waals surface area contributed by atoms with Gasteiger partial charge in [0.05, 0.1) is 0 Å². The number of hydrogen-bond acceptors (Lipinski definition) is 1. The molecule has 3 rings (SSSR count). The summed E-state index contributed by atoms with van der Waals surface area (Å²) in [6.45, 7) is 20.1. The van der Waals surface area contributed by atoms with E-state index >= 15 is 0 Å². The first-order valence-corrected chi connectivity index (χ1v) is 23.7. The van der Waals surface area contributed by atoms with E-state index in [-0.39, 0.29) is 0 Å². The van der Waals surface area contributed by atoms with Crippen LogP contribution in [0, 0.1) is 34.4 Å². The first-order chi connectivity index (χ1) is 17.6. The van der Waals surface area contributed by atoms with Gasteiger partial charge < -0.3 is 5.11 Å². The number of aliphatic hydroxyl groups is 1. The highest BCUT2D eigenvalue weighted by molar-refractivity contribution is 6.84. The van der Waals surface area contributed by atoms with Gasteiger partial charge >= 0.3 is 0 Å². The molecule has 0 aliphatic carbocycles. The Bertz CT molecular complexity index is 1260. The molecular formula is C34H40OSi3. The van der Waals surface area contributed by atoms with Gasteiger partial charge in [-0.15, -0.1) is 16.6 Å². The predicted molar refractivity (Wildman–Crippen MR) is 172 cm³/mol. The monoisotopic (exact) mass is 548 g/mol. The van der Waals surface area contributed by atoms with Crippen LogP contribution in [0.15, 0.2) is 72.8 Å². The molecule has 0 bridgehead atoms. The molecule has 0 aliphatic rings. The fourth-order valence-electron chi connectivity index (χ4n) is 3.66. The smallest absolute Gasteiger partial charge is 0.140 e. The molecule has 0 unspecified atom stereocenters. The van der Waals surface area contributed by atoms with Crippen molar-refractivity contribution in [1.82, 2.24) is 0 Å². The van der Waals surface area contributed by atoms with Crippen LogP contribution in [-0.2, 0) is 5.60 Å². The van der Waals surface area contributed by atoms with Crippen LogP contribution >= 0.6 is 0 Å². The van der Waals surface area contributed by atoms with E-state index < -0.39 is 29.8 Å². The lowest BCUT2D eigenvalue weighted by Crippen LogP contribution is -2.29. The van der Waals surface area contributed by atoms with Gasteiger partial charge in [-0.3, -0.25) is 0 Å². The van der Waals surface area contributed by atoms with Crippen molar-refractivity contribution < 1.29 is 5.11 Å². The molecule has 194 valence electrons. The van der Waals surface area contributed by atoms with Crippen LogP contribution in [0.5, 0.6) is 0 Å². The Labute approximate surface area is 233 Å². The zero-order chi connectivity index (χ0) is 28.2. The molecule has 0 heterocycles. The van der Waals surface area contributed by atoms with Gasteiger partial charge in [0.15, 0.2) is 0 Å². The van der Waals surface area contributed by atoms with Gasteiger partial charge in [0.1, 0.15) is 29.8 Å². The van der Waals surface area contributed by atoms with E-state index in [1.807, 2.05) is 72.8 Å². The summed E-state index contributed by atoms with van der Waals surface area (Å²) < 4.78 is 0. The Morgan fingerprint density at radius 1 is 0.421 bits per heavy atom. The van der Waals surface area contributed by atoms with Gasteiger partial charge in [0, 0.05) is 16.7 Å². The summed E-state index contributed by atoms with van der Waals surface area (Å²) in [5, 5.41) is 12.4. The Morgan fingerprint density at radius 3 is 0.816 bits per heavy atom. The first-order valence-electron chi connectivity index (χ1n) is 13.2. The molecule has 4 heteroatoms. The lowest BCUT2D eigenvalue weighted by Gasteiger charge is -2.30. The van der Waals surface area contributed by atoms with Gasteiger partial charge in [-0.05, 0) is 53.1 Å². The minimum Gasteiger partial charge on any atom is -0.376 e. The van der Waals surface area contributed by atoms with E-state index in [9.17, 15) is 5.11 Å². The molecule has 3 aromatic carbocycles. The molecule has 3 aromatic rings. The predicted octanol–water partition coefficient (Wildman–Crippen LogP) is 7.66. The van der Waals surface area contributed by atoms with Crippen LogP contribution in [0.1, 0.15) is 33.4 Å². The van der Waals surface area contributed by atoms with Crippen molar-refractivity contribution in [3.63, 3.8) is 0 Å². The molecule has 0 aromatic heterocycles. The zero-order valence-corrected chi connectivity index (χ0v) is 27.4. The zero-order valence-electron chi connectivity index (χ0n) is 24.4. The summed E-state index contributed by atoms with van der Waals surface area (Å²) >= 11 is 0. The van der Waals surface area contributed by atoms with Crippen LogP contribution < -0.4 is 0 Å². The lowest BCUT2D eigenvalue weighted by molar-refractivity contribution is 0.125. The molecule has 0 amide bonds. The maximum atomic E-state index is 12.4. The van der Waals surface area contributed by atoms with Crippen LogP contribution in [0.3, 0.4) is 0 Å². The van der Waals surface area contributed by atoms with Gasteiger partial charge in [-0.2, -0.15) is 0 Å². The second kappa shape index (κ2) is 11.4. The third kappa shape index (κ3) is 8.49. The van der Waals surface area contributed by atoms with Crippen molar-refractivity contribution >= 4 is 24.2 Å². The van der Waals surface area contributed by atoms with E-state index in [1.54, 1.807) is 0 Å². The molecule has 38 heavy (non-hydrogen) atoms. The van der Waals surface area contributed by atoms with Crippen LogP contribution in [0.25, 0.3) is 0 Å². The SMILES string of the molecule is C[Si](C)(C)C#Cc1ccc(C(O)(c2ccc(C#C[Si](C)(C)C)cc2)c2ccc(C#C[Si](C)(C)C)cc2)cc1. The Balaban J connectivity index is 2.09. The maximum Gasteiger partial charge on any atom is 0.140 e. The van der Waals surface area contributed by atoms with E-state index in [0.29, 0.717) is 0 Å². The van der Waals surface area contributed by atoms with E-state index in [2.05, 4.69) is 93.3 Å². The molecule has 0 spiro atoms. The van der Waals surface area contributed by atoms with Gasteiger partial charge in [-0.1, -0.05) is 113 Å².